The lowest BCUT2D eigenvalue weighted by Gasteiger charge is -2.18. The third-order valence-corrected chi connectivity index (χ3v) is 5.46. The van der Waals surface area contributed by atoms with E-state index in [4.69, 9.17) is 4.74 Å². The van der Waals surface area contributed by atoms with Gasteiger partial charge in [-0.25, -0.2) is 4.98 Å². The summed E-state index contributed by atoms with van der Waals surface area (Å²) in [6, 6.07) is 7.06. The molecule has 1 atom stereocenters. The molecule has 0 fully saturated rings. The number of esters is 1. The molecule has 26 heavy (non-hydrogen) atoms. The molecule has 0 saturated carbocycles. The molecule has 0 bridgehead atoms. The Morgan fingerprint density at radius 2 is 2.08 bits per heavy atom. The molecule has 0 aliphatic heterocycles. The van der Waals surface area contributed by atoms with Gasteiger partial charge in [-0.05, 0) is 30.5 Å². The number of nitrogens with one attached hydrogen (secondary N) is 1. The molecule has 0 spiro atoms. The van der Waals surface area contributed by atoms with Gasteiger partial charge in [0.2, 0.25) is 0 Å². The van der Waals surface area contributed by atoms with Gasteiger partial charge in [0.1, 0.15) is 4.88 Å². The predicted octanol–water partition coefficient (Wildman–Crippen LogP) is 4.45. The van der Waals surface area contributed by atoms with Gasteiger partial charge in [0, 0.05) is 10.9 Å². The normalized spacial score (nSPS) is 12.1. The summed E-state index contributed by atoms with van der Waals surface area (Å²) in [4.78, 5) is 29.7. The number of benzene rings is 1. The highest BCUT2D eigenvalue weighted by Crippen LogP contribution is 2.25. The van der Waals surface area contributed by atoms with Crippen molar-refractivity contribution >= 4 is 39.1 Å². The highest BCUT2D eigenvalue weighted by atomic mass is 79.9. The molecule has 2 aromatic rings. The maximum absolute atomic E-state index is 12.8. The minimum Gasteiger partial charge on any atom is -0.469 e. The fourth-order valence-electron chi connectivity index (χ4n) is 2.55. The van der Waals surface area contributed by atoms with Crippen molar-refractivity contribution in [1.29, 1.82) is 0 Å². The van der Waals surface area contributed by atoms with Gasteiger partial charge in [0.25, 0.3) is 5.91 Å². The molecule has 0 radical (unpaired) electrons. The average Bonchev–Trinajstić information content (AvgIpc) is 2.93. The van der Waals surface area contributed by atoms with E-state index in [2.05, 4.69) is 40.1 Å². The van der Waals surface area contributed by atoms with Crippen molar-refractivity contribution in [2.75, 3.05) is 7.11 Å². The molecule has 5 nitrogen and oxygen atoms in total. The van der Waals surface area contributed by atoms with Gasteiger partial charge in [0.05, 0.1) is 30.3 Å². The van der Waals surface area contributed by atoms with Gasteiger partial charge in [-0.15, -0.1) is 11.3 Å². The van der Waals surface area contributed by atoms with E-state index in [-0.39, 0.29) is 18.3 Å². The van der Waals surface area contributed by atoms with E-state index in [0.717, 1.165) is 21.5 Å². The number of carbonyl (C=O) groups is 2. The summed E-state index contributed by atoms with van der Waals surface area (Å²) in [5, 5.41) is 3.91. The quantitative estimate of drug-likeness (QED) is 0.648. The second kappa shape index (κ2) is 9.28. The number of methoxy groups -OCH3 is 1. The lowest BCUT2D eigenvalue weighted by molar-refractivity contribution is -0.141. The summed E-state index contributed by atoms with van der Waals surface area (Å²) in [6.45, 7) is 6.08. The Bertz CT molecular complexity index is 789. The Kier molecular flexibility index (Phi) is 7.34. The minimum atomic E-state index is -0.470. The van der Waals surface area contributed by atoms with Gasteiger partial charge in [-0.2, -0.15) is 0 Å². The largest absolute Gasteiger partial charge is 0.469 e. The van der Waals surface area contributed by atoms with E-state index in [1.807, 2.05) is 31.2 Å². The maximum atomic E-state index is 12.8. The molecule has 1 N–H and O–H groups in total. The Balaban J connectivity index is 2.23. The van der Waals surface area contributed by atoms with Crippen molar-refractivity contribution in [1.82, 2.24) is 10.3 Å². The standard InChI is InChI=1S/C19H23BrN2O3S/c1-11(2)8-16-21-12(3)18(26-16)19(24)22-15(10-17(23)25-4)13-6-5-7-14(20)9-13/h5-7,9,11,15H,8,10H2,1-4H3,(H,22,24). The number of hydrogen-bond donors (Lipinski definition) is 1. The first-order chi connectivity index (χ1) is 12.3. The van der Waals surface area contributed by atoms with Gasteiger partial charge < -0.3 is 10.1 Å². The van der Waals surface area contributed by atoms with Crippen LogP contribution in [-0.4, -0.2) is 24.0 Å². The molecule has 0 aliphatic carbocycles. The third kappa shape index (κ3) is 5.64. The number of nitrogens with zero attached hydrogens (tertiary/aromatic N) is 1. The van der Waals surface area contributed by atoms with Crippen molar-refractivity contribution in [3.05, 3.63) is 49.9 Å². The third-order valence-electron chi connectivity index (χ3n) is 3.78. The van der Waals surface area contributed by atoms with Gasteiger partial charge in [-0.1, -0.05) is 41.9 Å². The predicted molar refractivity (Wildman–Crippen MR) is 106 cm³/mol. The van der Waals surface area contributed by atoms with Crippen molar-refractivity contribution in [2.45, 2.75) is 39.7 Å². The van der Waals surface area contributed by atoms with E-state index >= 15 is 0 Å². The van der Waals surface area contributed by atoms with Crippen molar-refractivity contribution < 1.29 is 14.3 Å². The van der Waals surface area contributed by atoms with Crippen LogP contribution in [0.3, 0.4) is 0 Å². The van der Waals surface area contributed by atoms with Crippen LogP contribution in [-0.2, 0) is 16.0 Å². The second-order valence-corrected chi connectivity index (χ2v) is 8.48. The first-order valence-electron chi connectivity index (χ1n) is 8.39. The van der Waals surface area contributed by atoms with Crippen LogP contribution in [0.2, 0.25) is 0 Å². The highest BCUT2D eigenvalue weighted by Gasteiger charge is 2.23. The van der Waals surface area contributed by atoms with E-state index in [1.165, 1.54) is 18.4 Å². The summed E-state index contributed by atoms with van der Waals surface area (Å²) in [6.07, 6.45) is 0.908. The minimum absolute atomic E-state index is 0.0649. The number of aromatic nitrogens is 1. The van der Waals surface area contributed by atoms with Gasteiger partial charge in [0.15, 0.2) is 0 Å². The number of thiazole rings is 1. The van der Waals surface area contributed by atoms with E-state index in [1.54, 1.807) is 0 Å². The number of carbonyl (C=O) groups excluding carboxylic acids is 2. The zero-order chi connectivity index (χ0) is 19.3. The Hall–Kier alpha value is -1.73. The van der Waals surface area contributed by atoms with Crippen molar-refractivity contribution in [2.24, 2.45) is 5.92 Å². The van der Waals surface area contributed by atoms with E-state index < -0.39 is 6.04 Å². The van der Waals surface area contributed by atoms with Crippen LogP contribution < -0.4 is 5.32 Å². The zero-order valence-corrected chi connectivity index (χ0v) is 17.7. The molecule has 1 heterocycles. The van der Waals surface area contributed by atoms with Crippen LogP contribution in [0.1, 0.15) is 52.2 Å². The van der Waals surface area contributed by atoms with Crippen LogP contribution in [0.25, 0.3) is 0 Å². The molecular weight excluding hydrogens is 416 g/mol. The number of aryl methyl sites for hydroxylation is 1. The monoisotopic (exact) mass is 438 g/mol. The van der Waals surface area contributed by atoms with E-state index in [0.29, 0.717) is 16.5 Å². The van der Waals surface area contributed by atoms with Gasteiger partial charge in [-0.3, -0.25) is 9.59 Å². The summed E-state index contributed by atoms with van der Waals surface area (Å²) >= 11 is 4.84. The van der Waals surface area contributed by atoms with Crippen molar-refractivity contribution in [3.63, 3.8) is 0 Å². The summed E-state index contributed by atoms with van der Waals surface area (Å²) < 4.78 is 5.66. The van der Waals surface area contributed by atoms with Crippen molar-refractivity contribution in [3.8, 4) is 0 Å². The second-order valence-electron chi connectivity index (χ2n) is 6.48. The molecule has 2 rings (SSSR count). The lowest BCUT2D eigenvalue weighted by Crippen LogP contribution is -2.30. The van der Waals surface area contributed by atoms with Crippen LogP contribution in [0.15, 0.2) is 28.7 Å². The molecule has 0 saturated heterocycles. The summed E-state index contributed by atoms with van der Waals surface area (Å²) in [7, 11) is 1.34. The fraction of sp³-hybridized carbons (Fsp3) is 0.421. The zero-order valence-electron chi connectivity index (χ0n) is 15.3. The maximum Gasteiger partial charge on any atom is 0.307 e. The Morgan fingerprint density at radius 1 is 1.35 bits per heavy atom. The number of ether oxygens (including phenoxy) is 1. The van der Waals surface area contributed by atoms with Crippen LogP contribution in [0.5, 0.6) is 0 Å². The molecule has 1 amide bonds. The number of halogens is 1. The molecule has 1 aromatic carbocycles. The molecule has 140 valence electrons. The molecule has 1 unspecified atom stereocenters. The van der Waals surface area contributed by atoms with Crippen LogP contribution in [0.4, 0.5) is 0 Å². The molecule has 7 heteroatoms. The highest BCUT2D eigenvalue weighted by molar-refractivity contribution is 9.10. The Morgan fingerprint density at radius 3 is 2.69 bits per heavy atom. The number of rotatable bonds is 7. The fourth-order valence-corrected chi connectivity index (χ4v) is 4.15. The topological polar surface area (TPSA) is 68.3 Å². The molecule has 0 aliphatic rings. The SMILES string of the molecule is COC(=O)CC(NC(=O)c1sc(CC(C)C)nc1C)c1cccc(Br)c1. The van der Waals surface area contributed by atoms with Crippen LogP contribution in [0, 0.1) is 12.8 Å². The first-order valence-corrected chi connectivity index (χ1v) is 10.0. The van der Waals surface area contributed by atoms with Crippen LogP contribution >= 0.6 is 27.3 Å². The smallest absolute Gasteiger partial charge is 0.307 e. The summed E-state index contributed by atoms with van der Waals surface area (Å²) in [5.41, 5.74) is 1.55. The summed E-state index contributed by atoms with van der Waals surface area (Å²) in [5.74, 6) is -0.120. The average molecular weight is 439 g/mol. The van der Waals surface area contributed by atoms with E-state index in [9.17, 15) is 9.59 Å². The first kappa shape index (κ1) is 20.6. The Labute approximate surface area is 166 Å². The number of hydrogen-bond acceptors (Lipinski definition) is 5. The molecular formula is C19H23BrN2O3S. The molecule has 1 aromatic heterocycles. The van der Waals surface area contributed by atoms with Gasteiger partial charge >= 0.3 is 5.97 Å². The number of amides is 1. The lowest BCUT2D eigenvalue weighted by atomic mass is 10.0.